The van der Waals surface area contributed by atoms with Crippen molar-refractivity contribution in [3.05, 3.63) is 33.9 Å². The second-order valence-electron chi connectivity index (χ2n) is 4.08. The van der Waals surface area contributed by atoms with Crippen molar-refractivity contribution in [2.75, 3.05) is 18.4 Å². The Morgan fingerprint density at radius 2 is 2.00 bits per heavy atom. The highest BCUT2D eigenvalue weighted by Gasteiger charge is 2.21. The van der Waals surface area contributed by atoms with Gasteiger partial charge in [-0.3, -0.25) is 10.1 Å². The number of nitro groups is 1. The monoisotopic (exact) mass is 259 g/mol. The highest BCUT2D eigenvalue weighted by atomic mass is 19.1. The molecule has 0 fully saturated rings. The fraction of sp³-hybridized carbons (Fsp3) is 0.455. The van der Waals surface area contributed by atoms with Crippen LogP contribution >= 0.6 is 0 Å². The number of hydrogen-bond donors (Lipinski definition) is 2. The normalized spacial score (nSPS) is 10.7. The summed E-state index contributed by atoms with van der Waals surface area (Å²) in [7, 11) is 0. The van der Waals surface area contributed by atoms with Gasteiger partial charge in [0.1, 0.15) is 11.5 Å². The first-order chi connectivity index (χ1) is 8.41. The topological polar surface area (TPSA) is 67.2 Å². The van der Waals surface area contributed by atoms with Crippen molar-refractivity contribution in [2.45, 2.75) is 19.9 Å². The van der Waals surface area contributed by atoms with E-state index in [1.165, 1.54) is 0 Å². The Kier molecular flexibility index (Phi) is 4.96. The van der Waals surface area contributed by atoms with E-state index in [-0.39, 0.29) is 11.7 Å². The van der Waals surface area contributed by atoms with Gasteiger partial charge in [0, 0.05) is 31.3 Å². The molecule has 1 aromatic rings. The van der Waals surface area contributed by atoms with Gasteiger partial charge in [-0.15, -0.1) is 0 Å². The maximum Gasteiger partial charge on any atom is 0.327 e. The molecule has 7 heteroatoms. The molecule has 2 N–H and O–H groups in total. The van der Waals surface area contributed by atoms with E-state index in [1.807, 2.05) is 13.8 Å². The van der Waals surface area contributed by atoms with Gasteiger partial charge in [-0.2, -0.15) is 4.39 Å². The third-order valence-corrected chi connectivity index (χ3v) is 2.20. The van der Waals surface area contributed by atoms with Crippen LogP contribution in [-0.2, 0) is 0 Å². The molecule has 0 amide bonds. The molecule has 0 aromatic heterocycles. The van der Waals surface area contributed by atoms with Gasteiger partial charge in [0.25, 0.3) is 0 Å². The van der Waals surface area contributed by atoms with Gasteiger partial charge in [-0.05, 0) is 0 Å². The van der Waals surface area contributed by atoms with Crippen molar-refractivity contribution in [2.24, 2.45) is 0 Å². The van der Waals surface area contributed by atoms with Gasteiger partial charge in [0.05, 0.1) is 4.92 Å². The van der Waals surface area contributed by atoms with E-state index in [4.69, 9.17) is 0 Å². The van der Waals surface area contributed by atoms with E-state index < -0.39 is 22.2 Å². The maximum absolute atomic E-state index is 13.3. The Morgan fingerprint density at radius 1 is 1.33 bits per heavy atom. The van der Waals surface area contributed by atoms with Crippen LogP contribution in [-0.4, -0.2) is 24.1 Å². The first-order valence-electron chi connectivity index (χ1n) is 5.52. The van der Waals surface area contributed by atoms with Crippen LogP contribution in [0, 0.1) is 21.7 Å². The van der Waals surface area contributed by atoms with Crippen molar-refractivity contribution in [1.29, 1.82) is 0 Å². The van der Waals surface area contributed by atoms with Gasteiger partial charge < -0.3 is 10.6 Å². The number of rotatable bonds is 6. The van der Waals surface area contributed by atoms with Crippen LogP contribution in [0.5, 0.6) is 0 Å². The van der Waals surface area contributed by atoms with E-state index in [0.717, 1.165) is 6.07 Å². The molecule has 18 heavy (non-hydrogen) atoms. The second kappa shape index (κ2) is 6.25. The van der Waals surface area contributed by atoms with E-state index >= 15 is 0 Å². The summed E-state index contributed by atoms with van der Waals surface area (Å²) in [6.07, 6.45) is 0. The Hall–Kier alpha value is -1.76. The highest BCUT2D eigenvalue weighted by molar-refractivity contribution is 5.62. The van der Waals surface area contributed by atoms with Crippen molar-refractivity contribution >= 4 is 11.4 Å². The SMILES string of the molecule is CC(C)NCCNc1cc(F)cc(F)c1[N+](=O)[O-]. The number of benzene rings is 1. The minimum Gasteiger partial charge on any atom is -0.378 e. The molecule has 1 rings (SSSR count). The number of nitrogens with one attached hydrogen (secondary N) is 2. The number of nitrogens with zero attached hydrogens (tertiary/aromatic N) is 1. The largest absolute Gasteiger partial charge is 0.378 e. The standard InChI is InChI=1S/C11H15F2N3O2/c1-7(2)14-3-4-15-10-6-8(12)5-9(13)11(10)16(17)18/h5-7,14-15H,3-4H2,1-2H3. The lowest BCUT2D eigenvalue weighted by molar-refractivity contribution is -0.386. The quantitative estimate of drug-likeness (QED) is 0.467. The van der Waals surface area contributed by atoms with Crippen molar-refractivity contribution in [3.8, 4) is 0 Å². The van der Waals surface area contributed by atoms with Crippen molar-refractivity contribution in [1.82, 2.24) is 5.32 Å². The summed E-state index contributed by atoms with van der Waals surface area (Å²) in [5.74, 6) is -2.03. The molecule has 5 nitrogen and oxygen atoms in total. The summed E-state index contributed by atoms with van der Waals surface area (Å²) in [6, 6.07) is 1.68. The average molecular weight is 259 g/mol. The van der Waals surface area contributed by atoms with Gasteiger partial charge in [0.15, 0.2) is 0 Å². The van der Waals surface area contributed by atoms with E-state index in [1.54, 1.807) is 0 Å². The lowest BCUT2D eigenvalue weighted by Gasteiger charge is -2.10. The molecule has 0 spiro atoms. The third kappa shape index (κ3) is 3.92. The highest BCUT2D eigenvalue weighted by Crippen LogP contribution is 2.28. The Balaban J connectivity index is 2.77. The van der Waals surface area contributed by atoms with Crippen LogP contribution in [0.3, 0.4) is 0 Å². The molecule has 0 saturated carbocycles. The smallest absolute Gasteiger partial charge is 0.327 e. The zero-order valence-electron chi connectivity index (χ0n) is 10.2. The lowest BCUT2D eigenvalue weighted by Crippen LogP contribution is -2.28. The zero-order chi connectivity index (χ0) is 13.7. The van der Waals surface area contributed by atoms with Crippen molar-refractivity contribution < 1.29 is 13.7 Å². The van der Waals surface area contributed by atoms with Gasteiger partial charge >= 0.3 is 5.69 Å². The molecule has 1 aromatic carbocycles. The summed E-state index contributed by atoms with van der Waals surface area (Å²) >= 11 is 0. The first-order valence-corrected chi connectivity index (χ1v) is 5.52. The Bertz CT molecular complexity index is 439. The van der Waals surface area contributed by atoms with Crippen molar-refractivity contribution in [3.63, 3.8) is 0 Å². The molecule has 100 valence electrons. The molecule has 0 aliphatic carbocycles. The number of hydrogen-bond acceptors (Lipinski definition) is 4. The molecule has 0 atom stereocenters. The predicted molar refractivity (Wildman–Crippen MR) is 64.6 cm³/mol. The van der Waals surface area contributed by atoms with Crippen LogP contribution in [0.25, 0.3) is 0 Å². The van der Waals surface area contributed by atoms with E-state index in [0.29, 0.717) is 19.2 Å². The molecule has 0 aliphatic heterocycles. The average Bonchev–Trinajstić information content (AvgIpc) is 2.22. The summed E-state index contributed by atoms with van der Waals surface area (Å²) in [4.78, 5) is 9.81. The Morgan fingerprint density at radius 3 is 2.56 bits per heavy atom. The van der Waals surface area contributed by atoms with Gasteiger partial charge in [-0.1, -0.05) is 13.8 Å². The molecule has 0 unspecified atom stereocenters. The number of anilines is 1. The first kappa shape index (κ1) is 14.3. The summed E-state index contributed by atoms with van der Waals surface area (Å²) in [5, 5.41) is 16.4. The minimum atomic E-state index is -1.18. The third-order valence-electron chi connectivity index (χ3n) is 2.20. The molecule has 0 aliphatic rings. The lowest BCUT2D eigenvalue weighted by atomic mass is 10.2. The summed E-state index contributed by atoms with van der Waals surface area (Å²) in [5.41, 5.74) is -0.885. The number of halogens is 2. The molecular weight excluding hydrogens is 244 g/mol. The molecule has 0 saturated heterocycles. The zero-order valence-corrected chi connectivity index (χ0v) is 10.2. The van der Waals surface area contributed by atoms with Gasteiger partial charge in [0.2, 0.25) is 5.82 Å². The maximum atomic E-state index is 13.3. The second-order valence-corrected chi connectivity index (χ2v) is 4.08. The molecular formula is C11H15F2N3O2. The van der Waals surface area contributed by atoms with E-state index in [2.05, 4.69) is 10.6 Å². The fourth-order valence-electron chi connectivity index (χ4n) is 1.44. The Labute approximate surface area is 103 Å². The molecule has 0 heterocycles. The summed E-state index contributed by atoms with van der Waals surface area (Å²) < 4.78 is 26.3. The van der Waals surface area contributed by atoms with E-state index in [9.17, 15) is 18.9 Å². The fourth-order valence-corrected chi connectivity index (χ4v) is 1.44. The predicted octanol–water partition coefficient (Wildman–Crippen LogP) is 2.28. The van der Waals surface area contributed by atoms with Crippen LogP contribution < -0.4 is 10.6 Å². The molecule has 0 radical (unpaired) electrons. The minimum absolute atomic E-state index is 0.150. The van der Waals surface area contributed by atoms with Crippen LogP contribution in [0.4, 0.5) is 20.2 Å². The van der Waals surface area contributed by atoms with Crippen LogP contribution in [0.1, 0.15) is 13.8 Å². The van der Waals surface area contributed by atoms with Gasteiger partial charge in [-0.25, -0.2) is 4.39 Å². The number of nitro benzene ring substituents is 1. The molecule has 0 bridgehead atoms. The van der Waals surface area contributed by atoms with Crippen LogP contribution in [0.15, 0.2) is 12.1 Å². The van der Waals surface area contributed by atoms with Crippen LogP contribution in [0.2, 0.25) is 0 Å². The summed E-state index contributed by atoms with van der Waals surface area (Å²) in [6.45, 7) is 4.77.